The molecule has 10 aromatic carbocycles. The summed E-state index contributed by atoms with van der Waals surface area (Å²) >= 11 is 5.08. The van der Waals surface area contributed by atoms with E-state index in [2.05, 4.69) is 124 Å². The van der Waals surface area contributed by atoms with Crippen LogP contribution in [0.3, 0.4) is 0 Å². The largest absolute Gasteiger partial charge is 0.497 e. The molecule has 3 aromatic heterocycles. The summed E-state index contributed by atoms with van der Waals surface area (Å²) in [6.07, 6.45) is 25.1. The number of carbonyl (C=O) groups excluding carboxylic acids is 3. The molecule has 13 rings (SSSR count). The lowest BCUT2D eigenvalue weighted by atomic mass is 10.0. The van der Waals surface area contributed by atoms with E-state index in [4.69, 9.17) is 33.9 Å². The minimum Gasteiger partial charge on any atom is -0.497 e. The molecule has 6 N–H and O–H groups in total. The zero-order chi connectivity index (χ0) is 97.3. The van der Waals surface area contributed by atoms with Crippen LogP contribution >= 0.6 is 35.3 Å². The summed E-state index contributed by atoms with van der Waals surface area (Å²) in [6, 6.07) is 76.3. The van der Waals surface area contributed by atoms with Gasteiger partial charge in [-0.15, -0.1) is 0 Å². The maximum absolute atomic E-state index is 14.2. The van der Waals surface area contributed by atoms with E-state index in [0.29, 0.717) is 26.2 Å². The summed E-state index contributed by atoms with van der Waals surface area (Å²) in [6.45, 7) is 10.4. The van der Waals surface area contributed by atoms with Crippen LogP contribution in [0, 0.1) is 23.3 Å². The molecule has 0 unspecified atom stereocenters. The molecule has 0 bridgehead atoms. The van der Waals surface area contributed by atoms with Gasteiger partial charge in [0.05, 0.1) is 68.3 Å². The Morgan fingerprint density at radius 1 is 0.304 bits per heavy atom. The molecule has 26 heteroatoms. The maximum Gasteiger partial charge on any atom is 0.321 e. The zero-order valence-corrected chi connectivity index (χ0v) is 83.2. The van der Waals surface area contributed by atoms with Crippen molar-refractivity contribution in [2.45, 2.75) is 190 Å². The number of unbranched alkanes of at least 4 members (excludes halogenated alkanes) is 18. The fourth-order valence-corrected chi connectivity index (χ4v) is 18.6. The van der Waals surface area contributed by atoms with E-state index < -0.39 is 23.3 Å². The molecule has 0 aliphatic carbocycles. The smallest absolute Gasteiger partial charge is 0.321 e. The van der Waals surface area contributed by atoms with Crippen molar-refractivity contribution in [2.24, 2.45) is 0 Å². The highest BCUT2D eigenvalue weighted by Crippen LogP contribution is 2.42. The Morgan fingerprint density at radius 3 is 1.08 bits per heavy atom. The Morgan fingerprint density at radius 2 is 0.645 bits per heavy atom. The number of aromatic amines is 3. The molecule has 13 aromatic rings. The number of para-hydroxylation sites is 2. The number of imidazole rings is 3. The molecule has 138 heavy (non-hydrogen) atoms. The molecule has 730 valence electrons. The van der Waals surface area contributed by atoms with Gasteiger partial charge in [0.2, 0.25) is 0 Å². The fraction of sp³-hybridized carbons (Fsp3) is 0.357. The van der Waals surface area contributed by atoms with E-state index in [1.54, 1.807) is 73.5 Å². The molecule has 0 radical (unpaired) electrons. The summed E-state index contributed by atoms with van der Waals surface area (Å²) in [4.78, 5) is 70.5. The summed E-state index contributed by atoms with van der Waals surface area (Å²) in [7, 11) is 6.62. The minimum atomic E-state index is -0.783. The first-order valence-electron chi connectivity index (χ1n) is 48.7. The first-order valence-corrected chi connectivity index (χ1v) is 51.6. The van der Waals surface area contributed by atoms with Crippen LogP contribution in [0.4, 0.5) is 49.0 Å². The number of benzene rings is 10. The number of halogens is 4. The number of hydrogen-bond acceptors (Lipinski definition) is 13. The number of carbonyl (C=O) groups is 3. The maximum atomic E-state index is 14.2. The third-order valence-corrected chi connectivity index (χ3v) is 26.5. The van der Waals surface area contributed by atoms with Gasteiger partial charge in [-0.05, 0) is 154 Å². The molecule has 0 fully saturated rings. The monoisotopic (exact) mass is 1930 g/mol. The lowest BCUT2D eigenvalue weighted by molar-refractivity contribution is 0.208. The molecule has 0 saturated carbocycles. The number of anilines is 3. The average molecular weight is 1930 g/mol. The zero-order valence-electron chi connectivity index (χ0n) is 80.8. The van der Waals surface area contributed by atoms with Gasteiger partial charge in [0.25, 0.3) is 0 Å². The van der Waals surface area contributed by atoms with Gasteiger partial charge in [-0.1, -0.05) is 304 Å². The number of aromatic nitrogens is 6. The fourth-order valence-electron chi connectivity index (χ4n) is 16.0. The summed E-state index contributed by atoms with van der Waals surface area (Å²) in [5, 5.41) is 11.0. The van der Waals surface area contributed by atoms with E-state index in [9.17, 15) is 31.9 Å². The van der Waals surface area contributed by atoms with E-state index in [1.807, 2.05) is 144 Å². The predicted molar refractivity (Wildman–Crippen MR) is 561 cm³/mol. The summed E-state index contributed by atoms with van der Waals surface area (Å²) in [5.41, 5.74) is 14.6. The van der Waals surface area contributed by atoms with Crippen molar-refractivity contribution in [3.05, 3.63) is 272 Å². The highest BCUT2D eigenvalue weighted by Gasteiger charge is 2.25. The number of thioether (sulfide) groups is 3. The van der Waals surface area contributed by atoms with Gasteiger partial charge in [0.15, 0.2) is 15.5 Å². The predicted octanol–water partition coefficient (Wildman–Crippen LogP) is 30.8. The van der Waals surface area contributed by atoms with Gasteiger partial charge in [0, 0.05) is 108 Å². The Kier molecular flexibility index (Phi) is 45.4. The molecule has 0 atom stereocenters. The molecule has 0 spiro atoms. The van der Waals surface area contributed by atoms with Gasteiger partial charge < -0.3 is 64.5 Å². The Hall–Kier alpha value is -12.4. The molecule has 0 saturated heterocycles. The van der Waals surface area contributed by atoms with Gasteiger partial charge in [-0.25, -0.2) is 46.9 Å². The van der Waals surface area contributed by atoms with E-state index in [0.717, 1.165) is 287 Å². The normalized spacial score (nSPS) is 11.0. The summed E-state index contributed by atoms with van der Waals surface area (Å²) < 4.78 is 77.3. The highest BCUT2D eigenvalue weighted by atomic mass is 32.2. The van der Waals surface area contributed by atoms with Gasteiger partial charge in [-0.2, -0.15) is 0 Å². The van der Waals surface area contributed by atoms with E-state index in [-0.39, 0.29) is 29.5 Å². The van der Waals surface area contributed by atoms with E-state index >= 15 is 0 Å². The van der Waals surface area contributed by atoms with Crippen molar-refractivity contribution in [1.29, 1.82) is 0 Å². The number of H-pyrrole nitrogens is 3. The molecule has 19 nitrogen and oxygen atoms in total. The van der Waals surface area contributed by atoms with Crippen molar-refractivity contribution in [2.75, 3.05) is 101 Å². The molecular formula is C112H134F4N12O7S3. The van der Waals surface area contributed by atoms with Crippen LogP contribution < -0.4 is 34.9 Å². The van der Waals surface area contributed by atoms with Crippen LogP contribution in [0.5, 0.6) is 23.0 Å². The molecule has 0 aliphatic rings. The standard InChI is InChI=1S/C40H46N4OS.2C36H44F2N4O3S/c1-2-3-4-5-16-29-44(40(45)41-36-27-25-33(26-28-36)32-19-10-6-11-20-32)30-17-9-18-31-46-39-42-37(34-21-12-7-13-22-34)38(43-39)35-23-14-8-15-24-35;1-4-5-6-7-13-22-42(36(43)39-30-21-20-26(37)25-29(30)38)23-14-8-15-24-46-35-40-33(27-16-9-11-18-31(27)44-2)34(41-35)28-17-10-12-19-32(28)45-3;1-4-5-6-7-9-20-42(36(43)39-32-19-18-28(37)25-31(32)38)21-10-8-11-22-46-35-40-33(26-14-12-16-29(23-26)44-2)34(41-35)27-15-13-17-30(24-27)45-3/h6-8,10-15,19-28H,2-5,9,16-18,29-31H2,1H3,(H,41,45)(H,42,43);9-12,16-21,25H,4-8,13-15,22-24H2,1-3H3,(H,39,43)(H,40,41);12-19,23-25H,4-11,20-22H2,1-3H3,(H,39,43)(H,40,41). The second-order valence-corrected chi connectivity index (χ2v) is 37.1. The lowest BCUT2D eigenvalue weighted by Crippen LogP contribution is -2.36. The van der Waals surface area contributed by atoms with E-state index in [1.165, 1.54) is 56.2 Å². The SMILES string of the molecule is CCCCCCCN(CCCCCSc1nc(-c2cccc(OC)c2)c(-c2cccc(OC)c2)[nH]1)C(=O)Nc1ccc(F)cc1F.CCCCCCCN(CCCCCSc1nc(-c2ccccc2)c(-c2ccccc2)[nH]1)C(=O)Nc1ccc(-c2ccccc2)cc1.CCCCCCCN(CCCCCSc1nc(-c2ccccc2OC)c(-c2ccccc2OC)[nH]1)C(=O)Nc1ccc(F)cc1F. The van der Waals surface area contributed by atoms with Crippen LogP contribution in [0.2, 0.25) is 0 Å². The Labute approximate surface area is 825 Å². The van der Waals surface area contributed by atoms with Crippen molar-refractivity contribution in [3.63, 3.8) is 0 Å². The van der Waals surface area contributed by atoms with Crippen molar-refractivity contribution < 1.29 is 50.9 Å². The summed E-state index contributed by atoms with van der Waals surface area (Å²) in [5.74, 6) is 2.77. The number of rotatable bonds is 53. The first-order chi connectivity index (χ1) is 67.6. The second-order valence-electron chi connectivity index (χ2n) is 33.8. The molecule has 0 aliphatic heterocycles. The molecule has 3 heterocycles. The number of hydrogen-bond donors (Lipinski definition) is 6. The van der Waals surface area contributed by atoms with Crippen molar-refractivity contribution in [3.8, 4) is 102 Å². The first kappa shape index (κ1) is 106. The topological polar surface area (TPSA) is 220 Å². The highest BCUT2D eigenvalue weighted by molar-refractivity contribution is 7.99. The molecular weight excluding hydrogens is 1800 g/mol. The lowest BCUT2D eigenvalue weighted by Gasteiger charge is -2.23. The average Bonchev–Trinajstić information content (AvgIpc) is 1.62. The minimum absolute atomic E-state index is 0.00482. The Bertz CT molecular complexity index is 5610. The number of ether oxygens (including phenoxy) is 4. The van der Waals surface area contributed by atoms with Crippen LogP contribution in [0.15, 0.2) is 264 Å². The van der Waals surface area contributed by atoms with Crippen molar-refractivity contribution >= 4 is 70.4 Å². The van der Waals surface area contributed by atoms with Crippen molar-refractivity contribution in [1.82, 2.24) is 44.6 Å². The Balaban J connectivity index is 0.000000198. The van der Waals surface area contributed by atoms with Gasteiger partial charge in [0.1, 0.15) is 52.0 Å². The number of nitrogens with zero attached hydrogens (tertiary/aromatic N) is 6. The number of urea groups is 3. The quantitative estimate of drug-likeness (QED) is 0.0119. The number of nitrogens with one attached hydrogen (secondary N) is 6. The third-order valence-electron chi connectivity index (χ3n) is 23.6. The van der Waals surface area contributed by atoms with Gasteiger partial charge in [-0.3, -0.25) is 0 Å². The molecule has 6 amide bonds. The number of methoxy groups -OCH3 is 4. The van der Waals surface area contributed by atoms with Gasteiger partial charge >= 0.3 is 18.1 Å². The number of amides is 6. The van der Waals surface area contributed by atoms with Crippen LogP contribution in [0.25, 0.3) is 78.7 Å². The van der Waals surface area contributed by atoms with Crippen LogP contribution in [-0.4, -0.2) is 148 Å². The van der Waals surface area contributed by atoms with Crippen LogP contribution in [-0.2, 0) is 0 Å². The van der Waals surface area contributed by atoms with Crippen LogP contribution in [0.1, 0.15) is 175 Å². The second kappa shape index (κ2) is 59.0. The third kappa shape index (κ3) is 34.1.